The molecule has 1 amide bonds. The number of carbonyl (C=O) groups is 1. The van der Waals surface area contributed by atoms with Crippen molar-refractivity contribution in [2.24, 2.45) is 28.6 Å². The van der Waals surface area contributed by atoms with Crippen molar-refractivity contribution in [1.29, 1.82) is 0 Å². The summed E-state index contributed by atoms with van der Waals surface area (Å²) in [7, 11) is 0. The Morgan fingerprint density at radius 1 is 1.27 bits per heavy atom. The molecule has 1 heterocycles. The maximum atomic E-state index is 12.6. The average Bonchev–Trinajstić information content (AvgIpc) is 3.08. The predicted octanol–water partition coefficient (Wildman–Crippen LogP) is 4.05. The Bertz CT molecular complexity index is 696. The Kier molecular flexibility index (Phi) is 4.11. The third-order valence-electron chi connectivity index (χ3n) is 7.54. The minimum atomic E-state index is 0.00696. The van der Waals surface area contributed by atoms with Crippen LogP contribution in [-0.2, 0) is 9.53 Å². The summed E-state index contributed by atoms with van der Waals surface area (Å²) in [4.78, 5) is 12.6. The highest BCUT2D eigenvalue weighted by Gasteiger charge is 2.68. The molecule has 0 aromatic heterocycles. The first-order chi connectivity index (χ1) is 12.3. The van der Waals surface area contributed by atoms with Gasteiger partial charge >= 0.3 is 0 Å². The standard InChI is InChI=1S/C22H31NO3/c1-13(2)19(25)23-20-21(3,4)15-11-17-18(14-5-7-16(24)8-6-14)26-10-9-22(17,20)12-15/h5-8,13,15,17-18,20,24H,9-12H2,1-4H3,(H,23,25)/t15-,17-,18-,20+,22-/m1/s1. The van der Waals surface area contributed by atoms with E-state index in [1.165, 1.54) is 6.42 Å². The van der Waals surface area contributed by atoms with Gasteiger partial charge in [0.25, 0.3) is 0 Å². The molecule has 3 fully saturated rings. The smallest absolute Gasteiger partial charge is 0.222 e. The fourth-order valence-corrected chi connectivity index (χ4v) is 6.09. The maximum Gasteiger partial charge on any atom is 0.222 e. The van der Waals surface area contributed by atoms with E-state index in [9.17, 15) is 9.90 Å². The van der Waals surface area contributed by atoms with E-state index in [2.05, 4.69) is 19.2 Å². The van der Waals surface area contributed by atoms with Crippen LogP contribution in [0.25, 0.3) is 0 Å². The van der Waals surface area contributed by atoms with Gasteiger partial charge in [0.05, 0.1) is 6.10 Å². The summed E-state index contributed by atoms with van der Waals surface area (Å²) in [6, 6.07) is 7.66. The fourth-order valence-electron chi connectivity index (χ4n) is 6.09. The first-order valence-corrected chi connectivity index (χ1v) is 9.96. The largest absolute Gasteiger partial charge is 0.508 e. The van der Waals surface area contributed by atoms with Crippen LogP contribution in [-0.4, -0.2) is 23.7 Å². The molecule has 4 nitrogen and oxygen atoms in total. The molecule has 1 spiro atoms. The van der Waals surface area contributed by atoms with Gasteiger partial charge in [-0.25, -0.2) is 0 Å². The van der Waals surface area contributed by atoms with E-state index in [0.717, 1.165) is 25.0 Å². The molecular weight excluding hydrogens is 326 g/mol. The number of hydrogen-bond donors (Lipinski definition) is 2. The topological polar surface area (TPSA) is 58.6 Å². The summed E-state index contributed by atoms with van der Waals surface area (Å²) in [5.41, 5.74) is 1.39. The van der Waals surface area contributed by atoms with E-state index in [1.54, 1.807) is 12.1 Å². The van der Waals surface area contributed by atoms with Crippen LogP contribution < -0.4 is 5.32 Å². The molecule has 0 radical (unpaired) electrons. The number of amides is 1. The van der Waals surface area contributed by atoms with Crippen LogP contribution in [0.1, 0.15) is 58.6 Å². The second-order valence-corrected chi connectivity index (χ2v) is 9.53. The fraction of sp³-hybridized carbons (Fsp3) is 0.682. The van der Waals surface area contributed by atoms with Crippen LogP contribution in [0, 0.1) is 28.6 Å². The van der Waals surface area contributed by atoms with Crippen LogP contribution in [0.15, 0.2) is 24.3 Å². The van der Waals surface area contributed by atoms with Crippen molar-refractivity contribution in [2.75, 3.05) is 6.61 Å². The van der Waals surface area contributed by atoms with Crippen LogP contribution in [0.2, 0.25) is 0 Å². The second-order valence-electron chi connectivity index (χ2n) is 9.53. The number of carbonyl (C=O) groups excluding carboxylic acids is 1. The first-order valence-electron chi connectivity index (χ1n) is 9.96. The molecule has 2 bridgehead atoms. The van der Waals surface area contributed by atoms with E-state index in [-0.39, 0.29) is 40.6 Å². The number of rotatable bonds is 3. The molecule has 3 aliphatic rings. The zero-order valence-electron chi connectivity index (χ0n) is 16.3. The minimum absolute atomic E-state index is 0.00696. The quantitative estimate of drug-likeness (QED) is 0.858. The number of phenols is 1. The number of phenolic OH excluding ortho intramolecular Hbond substituents is 1. The lowest BCUT2D eigenvalue weighted by molar-refractivity contribution is -0.139. The summed E-state index contributed by atoms with van der Waals surface area (Å²) in [5, 5.41) is 13.1. The Morgan fingerprint density at radius 3 is 2.62 bits per heavy atom. The van der Waals surface area contributed by atoms with Gasteiger partial charge in [-0.05, 0) is 59.6 Å². The highest BCUT2D eigenvalue weighted by Crippen LogP contribution is 2.70. The lowest BCUT2D eigenvalue weighted by atomic mass is 9.58. The van der Waals surface area contributed by atoms with Gasteiger partial charge < -0.3 is 15.2 Å². The van der Waals surface area contributed by atoms with E-state index in [1.807, 2.05) is 26.0 Å². The van der Waals surface area contributed by atoms with Crippen molar-refractivity contribution in [2.45, 2.75) is 59.1 Å². The number of fused-ring (bicyclic) bond motifs is 1. The van der Waals surface area contributed by atoms with Crippen LogP contribution in [0.5, 0.6) is 5.75 Å². The lowest BCUT2D eigenvalue weighted by Crippen LogP contribution is -2.59. The second kappa shape index (κ2) is 5.98. The molecule has 4 heteroatoms. The number of hydrogen-bond acceptors (Lipinski definition) is 3. The molecule has 5 atom stereocenters. The molecule has 2 N–H and O–H groups in total. The van der Waals surface area contributed by atoms with Crippen molar-refractivity contribution >= 4 is 5.91 Å². The van der Waals surface area contributed by atoms with Gasteiger partial charge in [0, 0.05) is 18.6 Å². The highest BCUT2D eigenvalue weighted by molar-refractivity contribution is 5.78. The van der Waals surface area contributed by atoms with Crippen LogP contribution in [0.4, 0.5) is 0 Å². The third kappa shape index (κ3) is 2.49. The molecule has 4 rings (SSSR count). The molecule has 1 aromatic rings. The SMILES string of the molecule is CC(C)C(=O)N[C@H]1C(C)(C)[C@@H]2C[C@@H]3[C@@H](c4ccc(O)cc4)OCC[C@@]31C2. The monoisotopic (exact) mass is 357 g/mol. The Morgan fingerprint density at radius 2 is 1.96 bits per heavy atom. The van der Waals surface area contributed by atoms with E-state index in [4.69, 9.17) is 4.74 Å². The number of benzene rings is 1. The zero-order chi connectivity index (χ0) is 18.7. The van der Waals surface area contributed by atoms with Crippen molar-refractivity contribution < 1.29 is 14.6 Å². The number of ether oxygens (including phenoxy) is 1. The summed E-state index contributed by atoms with van der Waals surface area (Å²) in [5.74, 6) is 1.50. The minimum Gasteiger partial charge on any atom is -0.508 e. The molecule has 1 aromatic carbocycles. The normalized spacial score (nSPS) is 37.6. The van der Waals surface area contributed by atoms with Gasteiger partial charge in [0.1, 0.15) is 5.75 Å². The van der Waals surface area contributed by atoms with E-state index >= 15 is 0 Å². The van der Waals surface area contributed by atoms with Gasteiger partial charge in [-0.1, -0.05) is 39.8 Å². The van der Waals surface area contributed by atoms with Gasteiger partial charge in [0.2, 0.25) is 5.91 Å². The molecule has 2 saturated carbocycles. The Labute approximate surface area is 156 Å². The molecule has 1 saturated heterocycles. The summed E-state index contributed by atoms with van der Waals surface area (Å²) < 4.78 is 6.24. The van der Waals surface area contributed by atoms with Crippen molar-refractivity contribution in [3.63, 3.8) is 0 Å². The molecule has 142 valence electrons. The van der Waals surface area contributed by atoms with Crippen molar-refractivity contribution in [3.05, 3.63) is 29.8 Å². The van der Waals surface area contributed by atoms with Gasteiger partial charge in [-0.15, -0.1) is 0 Å². The maximum absolute atomic E-state index is 12.6. The van der Waals surface area contributed by atoms with Crippen molar-refractivity contribution in [1.82, 2.24) is 5.32 Å². The van der Waals surface area contributed by atoms with Crippen LogP contribution >= 0.6 is 0 Å². The lowest BCUT2D eigenvalue weighted by Gasteiger charge is -2.53. The molecule has 0 unspecified atom stereocenters. The average molecular weight is 357 g/mol. The number of nitrogens with one attached hydrogen (secondary N) is 1. The molecular formula is C22H31NO3. The first kappa shape index (κ1) is 17.8. The Hall–Kier alpha value is -1.55. The third-order valence-corrected chi connectivity index (χ3v) is 7.54. The summed E-state index contributed by atoms with van der Waals surface area (Å²) in [6.07, 6.45) is 3.43. The van der Waals surface area contributed by atoms with Gasteiger partial charge in [-0.2, -0.15) is 0 Å². The summed E-state index contributed by atoms with van der Waals surface area (Å²) in [6.45, 7) is 9.33. The summed E-state index contributed by atoms with van der Waals surface area (Å²) >= 11 is 0. The molecule has 26 heavy (non-hydrogen) atoms. The van der Waals surface area contributed by atoms with Gasteiger partial charge in [0.15, 0.2) is 0 Å². The molecule has 1 aliphatic heterocycles. The Balaban J connectivity index is 1.68. The number of aromatic hydroxyl groups is 1. The van der Waals surface area contributed by atoms with E-state index in [0.29, 0.717) is 11.8 Å². The van der Waals surface area contributed by atoms with Crippen LogP contribution in [0.3, 0.4) is 0 Å². The van der Waals surface area contributed by atoms with Gasteiger partial charge in [-0.3, -0.25) is 4.79 Å². The van der Waals surface area contributed by atoms with Crippen molar-refractivity contribution in [3.8, 4) is 5.75 Å². The predicted molar refractivity (Wildman–Crippen MR) is 101 cm³/mol. The highest BCUT2D eigenvalue weighted by atomic mass is 16.5. The molecule has 2 aliphatic carbocycles. The zero-order valence-corrected chi connectivity index (χ0v) is 16.3. The van der Waals surface area contributed by atoms with E-state index < -0.39 is 0 Å².